The molecule has 1 amide bonds. The highest BCUT2D eigenvalue weighted by Crippen LogP contribution is 2.32. The first-order valence-corrected chi connectivity index (χ1v) is 10.1. The van der Waals surface area contributed by atoms with Gasteiger partial charge in [-0.25, -0.2) is 4.98 Å². The first kappa shape index (κ1) is 18.1. The van der Waals surface area contributed by atoms with Gasteiger partial charge >= 0.3 is 0 Å². The van der Waals surface area contributed by atoms with Crippen molar-refractivity contribution in [3.05, 3.63) is 46.9 Å². The molecule has 1 saturated heterocycles. The number of carbonyl (C=O) groups excluding carboxylic acids is 1. The van der Waals surface area contributed by atoms with E-state index in [9.17, 15) is 4.79 Å². The molecule has 1 aliphatic heterocycles. The number of thiophene rings is 1. The lowest BCUT2D eigenvalue weighted by molar-refractivity contribution is -0.120. The van der Waals surface area contributed by atoms with E-state index in [0.29, 0.717) is 23.0 Å². The van der Waals surface area contributed by atoms with Gasteiger partial charge in [-0.15, -0.1) is 11.3 Å². The number of anilines is 2. The molecule has 7 heteroatoms. The second kappa shape index (κ2) is 7.74. The van der Waals surface area contributed by atoms with Gasteiger partial charge < -0.3 is 15.0 Å². The molecule has 1 N–H and O–H groups in total. The Morgan fingerprint density at radius 2 is 2.26 bits per heavy atom. The van der Waals surface area contributed by atoms with Crippen LogP contribution in [0, 0.1) is 5.92 Å². The zero-order valence-electron chi connectivity index (χ0n) is 14.9. The number of aromatic nitrogens is 1. The molecular weight excluding hydrogens is 382 g/mol. The van der Waals surface area contributed by atoms with E-state index < -0.39 is 0 Å². The standard InChI is InChI=1S/C20H20ClN3O2S/c1-26-17-5-4-14(11-16(17)21)23-20(25)13-3-2-9-24(12-13)19-15-7-10-27-18(15)6-8-22-19/h4-8,10-11,13H,2-3,9,12H2,1H3,(H,23,25)/t13-/m0/s1. The van der Waals surface area contributed by atoms with Gasteiger partial charge in [0.05, 0.1) is 18.1 Å². The maximum Gasteiger partial charge on any atom is 0.229 e. The summed E-state index contributed by atoms with van der Waals surface area (Å²) in [6.45, 7) is 1.58. The quantitative estimate of drug-likeness (QED) is 0.681. The average molecular weight is 402 g/mol. The molecule has 0 unspecified atom stereocenters. The number of nitrogens with zero attached hydrogens (tertiary/aromatic N) is 2. The number of pyridine rings is 1. The monoisotopic (exact) mass is 401 g/mol. The minimum Gasteiger partial charge on any atom is -0.495 e. The lowest BCUT2D eigenvalue weighted by Crippen LogP contribution is -2.41. The highest BCUT2D eigenvalue weighted by molar-refractivity contribution is 7.17. The number of nitrogens with one attached hydrogen (secondary N) is 1. The van der Waals surface area contributed by atoms with Crippen LogP contribution in [0.4, 0.5) is 11.5 Å². The van der Waals surface area contributed by atoms with Crippen molar-refractivity contribution in [2.75, 3.05) is 30.4 Å². The molecule has 3 aromatic rings. The third-order valence-electron chi connectivity index (χ3n) is 4.87. The van der Waals surface area contributed by atoms with E-state index in [1.165, 1.54) is 4.70 Å². The molecule has 3 heterocycles. The molecule has 140 valence electrons. The van der Waals surface area contributed by atoms with Crippen LogP contribution in [0.25, 0.3) is 10.1 Å². The van der Waals surface area contributed by atoms with E-state index in [4.69, 9.17) is 16.3 Å². The van der Waals surface area contributed by atoms with Crippen molar-refractivity contribution >= 4 is 50.4 Å². The van der Waals surface area contributed by atoms with Crippen LogP contribution in [-0.2, 0) is 4.79 Å². The zero-order chi connectivity index (χ0) is 18.8. The van der Waals surface area contributed by atoms with Crippen molar-refractivity contribution in [1.82, 2.24) is 4.98 Å². The third-order valence-corrected chi connectivity index (χ3v) is 6.05. The predicted molar refractivity (Wildman–Crippen MR) is 111 cm³/mol. The maximum atomic E-state index is 12.8. The van der Waals surface area contributed by atoms with Crippen molar-refractivity contribution in [2.45, 2.75) is 12.8 Å². The third kappa shape index (κ3) is 3.73. The number of hydrogen-bond acceptors (Lipinski definition) is 5. The first-order valence-electron chi connectivity index (χ1n) is 8.87. The Balaban J connectivity index is 1.48. The highest BCUT2D eigenvalue weighted by atomic mass is 35.5. The normalized spacial score (nSPS) is 17.1. The Morgan fingerprint density at radius 1 is 1.37 bits per heavy atom. The molecule has 0 radical (unpaired) electrons. The number of hydrogen-bond donors (Lipinski definition) is 1. The molecule has 0 spiro atoms. The van der Waals surface area contributed by atoms with Gasteiger partial charge in [-0.05, 0) is 48.6 Å². The molecule has 0 saturated carbocycles. The van der Waals surface area contributed by atoms with Gasteiger partial charge in [-0.1, -0.05) is 11.6 Å². The number of halogens is 1. The Bertz CT molecular complexity index is 975. The van der Waals surface area contributed by atoms with Gasteiger partial charge in [0.15, 0.2) is 0 Å². The lowest BCUT2D eigenvalue weighted by atomic mass is 9.96. The van der Waals surface area contributed by atoms with Crippen LogP contribution in [0.1, 0.15) is 12.8 Å². The van der Waals surface area contributed by atoms with Gasteiger partial charge in [0.2, 0.25) is 5.91 Å². The van der Waals surface area contributed by atoms with Crippen LogP contribution in [-0.4, -0.2) is 31.1 Å². The Kier molecular flexibility index (Phi) is 5.18. The summed E-state index contributed by atoms with van der Waals surface area (Å²) in [6.07, 6.45) is 3.67. The minimum absolute atomic E-state index is 0.0124. The first-order chi connectivity index (χ1) is 13.2. The fourth-order valence-corrected chi connectivity index (χ4v) is 4.54. The molecule has 1 aromatic carbocycles. The van der Waals surface area contributed by atoms with Gasteiger partial charge in [0, 0.05) is 35.1 Å². The molecule has 1 fully saturated rings. The smallest absolute Gasteiger partial charge is 0.229 e. The second-order valence-corrected chi connectivity index (χ2v) is 7.95. The maximum absolute atomic E-state index is 12.8. The summed E-state index contributed by atoms with van der Waals surface area (Å²) < 4.78 is 6.38. The van der Waals surface area contributed by atoms with Crippen LogP contribution in [0.15, 0.2) is 41.9 Å². The van der Waals surface area contributed by atoms with Crippen molar-refractivity contribution in [2.24, 2.45) is 5.92 Å². The van der Waals surface area contributed by atoms with Gasteiger partial charge in [-0.2, -0.15) is 0 Å². The number of amides is 1. The molecule has 4 rings (SSSR count). The number of benzene rings is 1. The van der Waals surface area contributed by atoms with Crippen molar-refractivity contribution in [1.29, 1.82) is 0 Å². The van der Waals surface area contributed by atoms with E-state index in [1.54, 1.807) is 36.6 Å². The average Bonchev–Trinajstić information content (AvgIpc) is 3.17. The summed E-state index contributed by atoms with van der Waals surface area (Å²) >= 11 is 7.86. The Morgan fingerprint density at radius 3 is 3.07 bits per heavy atom. The largest absolute Gasteiger partial charge is 0.495 e. The fourth-order valence-electron chi connectivity index (χ4n) is 3.50. The molecule has 5 nitrogen and oxygen atoms in total. The minimum atomic E-state index is -0.0877. The highest BCUT2D eigenvalue weighted by Gasteiger charge is 2.27. The van der Waals surface area contributed by atoms with Crippen LogP contribution in [0.3, 0.4) is 0 Å². The number of piperidine rings is 1. The van der Waals surface area contributed by atoms with E-state index in [-0.39, 0.29) is 11.8 Å². The molecule has 1 aliphatic rings. The van der Waals surface area contributed by atoms with Gasteiger partial charge in [-0.3, -0.25) is 4.79 Å². The lowest BCUT2D eigenvalue weighted by Gasteiger charge is -2.33. The molecule has 0 bridgehead atoms. The van der Waals surface area contributed by atoms with Crippen molar-refractivity contribution in [3.63, 3.8) is 0 Å². The molecule has 1 atom stereocenters. The number of ether oxygens (including phenoxy) is 1. The topological polar surface area (TPSA) is 54.5 Å². The number of fused-ring (bicyclic) bond motifs is 1. The molecule has 2 aromatic heterocycles. The number of carbonyl (C=O) groups is 1. The van der Waals surface area contributed by atoms with E-state index in [0.717, 1.165) is 30.6 Å². The Hall–Kier alpha value is -2.31. The number of methoxy groups -OCH3 is 1. The van der Waals surface area contributed by atoms with Crippen molar-refractivity contribution in [3.8, 4) is 5.75 Å². The summed E-state index contributed by atoms with van der Waals surface area (Å²) in [7, 11) is 1.57. The summed E-state index contributed by atoms with van der Waals surface area (Å²) in [5.41, 5.74) is 0.681. The summed E-state index contributed by atoms with van der Waals surface area (Å²) in [4.78, 5) is 19.6. The van der Waals surface area contributed by atoms with Crippen LogP contribution < -0.4 is 15.0 Å². The Labute approximate surface area is 166 Å². The zero-order valence-corrected chi connectivity index (χ0v) is 16.5. The van der Waals surface area contributed by atoms with Crippen LogP contribution in [0.2, 0.25) is 5.02 Å². The van der Waals surface area contributed by atoms with Gasteiger partial charge in [0.1, 0.15) is 11.6 Å². The second-order valence-electron chi connectivity index (χ2n) is 6.59. The van der Waals surface area contributed by atoms with E-state index >= 15 is 0 Å². The van der Waals surface area contributed by atoms with Gasteiger partial charge in [0.25, 0.3) is 0 Å². The summed E-state index contributed by atoms with van der Waals surface area (Å²) in [5.74, 6) is 1.49. The number of rotatable bonds is 4. The summed E-state index contributed by atoms with van der Waals surface area (Å²) in [6, 6.07) is 9.41. The predicted octanol–water partition coefficient (Wildman–Crippen LogP) is 4.81. The van der Waals surface area contributed by atoms with Crippen LogP contribution in [0.5, 0.6) is 5.75 Å². The molecule has 27 heavy (non-hydrogen) atoms. The SMILES string of the molecule is COc1ccc(NC(=O)[C@H]2CCCN(c3nccc4sccc34)C2)cc1Cl. The van der Waals surface area contributed by atoms with Crippen molar-refractivity contribution < 1.29 is 9.53 Å². The fraction of sp³-hybridized carbons (Fsp3) is 0.300. The molecule has 0 aliphatic carbocycles. The van der Waals surface area contributed by atoms with Crippen LogP contribution >= 0.6 is 22.9 Å². The van der Waals surface area contributed by atoms with E-state index in [2.05, 4.69) is 26.6 Å². The summed E-state index contributed by atoms with van der Waals surface area (Å²) in [5, 5.41) is 6.70. The van der Waals surface area contributed by atoms with E-state index in [1.807, 2.05) is 12.3 Å². The molecular formula is C20H20ClN3O2S.